The van der Waals surface area contributed by atoms with Crippen molar-refractivity contribution in [3.8, 4) is 0 Å². The molecule has 1 N–H and O–H groups in total. The van der Waals surface area contributed by atoms with Crippen molar-refractivity contribution in [2.75, 3.05) is 0 Å². The smallest absolute Gasteiger partial charge is 0.481 e. The summed E-state index contributed by atoms with van der Waals surface area (Å²) in [6, 6.07) is 0. The van der Waals surface area contributed by atoms with Gasteiger partial charge in [-0.1, -0.05) is 13.8 Å². The predicted octanol–water partition coefficient (Wildman–Crippen LogP) is -2.27. The first-order valence-electron chi connectivity index (χ1n) is 1.87. The molecular weight excluding hydrogens is 103 g/mol. The zero-order valence-corrected chi connectivity index (χ0v) is 6.93. The molecule has 0 saturated heterocycles. The molecule has 0 bridgehead atoms. The van der Waals surface area contributed by atoms with Crippen LogP contribution in [-0.4, -0.2) is 11.1 Å². The van der Waals surface area contributed by atoms with E-state index in [0.717, 1.165) is 0 Å². The van der Waals surface area contributed by atoms with Crippen molar-refractivity contribution in [3.63, 3.8) is 0 Å². The Kier molecular flexibility index (Phi) is 6.90. The maximum Gasteiger partial charge on any atom is 1.00 e. The van der Waals surface area contributed by atoms with Gasteiger partial charge in [-0.2, -0.15) is 0 Å². The second-order valence-electron chi connectivity index (χ2n) is 1.49. The molecular formula is C4H8NaO2+. The maximum absolute atomic E-state index is 9.70. The fourth-order valence-electron chi connectivity index (χ4n) is 0. The summed E-state index contributed by atoms with van der Waals surface area (Å²) in [5, 5.41) is 7.99. The summed E-state index contributed by atoms with van der Waals surface area (Å²) in [6.45, 7) is 3.28. The molecule has 0 aromatic rings. The molecule has 0 fully saturated rings. The van der Waals surface area contributed by atoms with Crippen LogP contribution in [0.3, 0.4) is 0 Å². The minimum absolute atomic E-state index is 0. The van der Waals surface area contributed by atoms with E-state index in [2.05, 4.69) is 0 Å². The van der Waals surface area contributed by atoms with E-state index < -0.39 is 5.97 Å². The van der Waals surface area contributed by atoms with Crippen LogP contribution < -0.4 is 29.6 Å². The van der Waals surface area contributed by atoms with Gasteiger partial charge in [-0.3, -0.25) is 4.79 Å². The van der Waals surface area contributed by atoms with E-state index >= 15 is 0 Å². The quantitative estimate of drug-likeness (QED) is 0.387. The second kappa shape index (κ2) is 4.62. The largest absolute Gasteiger partial charge is 1.00 e. The van der Waals surface area contributed by atoms with E-state index in [-0.39, 0.29) is 35.5 Å². The standard InChI is InChI=1S/C4H8O2.Na/c1-3(2)4(5)6;/h3H,1-2H3,(H,5,6);/q;+1. The second-order valence-corrected chi connectivity index (χ2v) is 1.49. The van der Waals surface area contributed by atoms with Gasteiger partial charge in [0.15, 0.2) is 0 Å². The normalized spacial score (nSPS) is 7.86. The van der Waals surface area contributed by atoms with E-state index in [0.29, 0.717) is 0 Å². The topological polar surface area (TPSA) is 37.3 Å². The Morgan fingerprint density at radius 1 is 1.57 bits per heavy atom. The minimum atomic E-state index is -0.741. The van der Waals surface area contributed by atoms with Gasteiger partial charge in [0.05, 0.1) is 5.92 Å². The van der Waals surface area contributed by atoms with Crippen molar-refractivity contribution in [3.05, 3.63) is 0 Å². The maximum atomic E-state index is 9.70. The minimum Gasteiger partial charge on any atom is -0.481 e. The van der Waals surface area contributed by atoms with Crippen molar-refractivity contribution in [2.24, 2.45) is 5.92 Å². The van der Waals surface area contributed by atoms with Crippen molar-refractivity contribution in [1.82, 2.24) is 0 Å². The summed E-state index contributed by atoms with van der Waals surface area (Å²) in [5.74, 6) is -0.972. The summed E-state index contributed by atoms with van der Waals surface area (Å²) < 4.78 is 0. The number of hydrogen-bond acceptors (Lipinski definition) is 1. The Labute approximate surface area is 65.2 Å². The first kappa shape index (κ1) is 10.5. The molecule has 0 radical (unpaired) electrons. The SMILES string of the molecule is CC(C)C(=O)O.[Na+]. The molecule has 0 heterocycles. The van der Waals surface area contributed by atoms with E-state index in [4.69, 9.17) is 5.11 Å². The van der Waals surface area contributed by atoms with E-state index in [1.54, 1.807) is 13.8 Å². The van der Waals surface area contributed by atoms with Crippen LogP contribution in [0.1, 0.15) is 13.8 Å². The first-order valence-corrected chi connectivity index (χ1v) is 1.87. The number of carboxylic acids is 1. The molecule has 0 aliphatic rings. The number of carboxylic acid groups (broad SMARTS) is 1. The Morgan fingerprint density at radius 2 is 1.71 bits per heavy atom. The van der Waals surface area contributed by atoms with Crippen LogP contribution >= 0.6 is 0 Å². The third kappa shape index (κ3) is 6.47. The van der Waals surface area contributed by atoms with Crippen LogP contribution in [-0.2, 0) is 4.79 Å². The molecule has 0 rings (SSSR count). The molecule has 0 aliphatic carbocycles. The van der Waals surface area contributed by atoms with Crippen molar-refractivity contribution < 1.29 is 39.5 Å². The fourth-order valence-corrected chi connectivity index (χ4v) is 0. The fraction of sp³-hybridized carbons (Fsp3) is 0.750. The Bertz CT molecular complexity index is 60.7. The van der Waals surface area contributed by atoms with Crippen molar-refractivity contribution in [2.45, 2.75) is 13.8 Å². The Morgan fingerprint density at radius 3 is 1.71 bits per heavy atom. The molecule has 0 amide bonds. The molecule has 0 aromatic heterocycles. The van der Waals surface area contributed by atoms with Crippen molar-refractivity contribution >= 4 is 5.97 Å². The third-order valence-electron chi connectivity index (χ3n) is 0.494. The van der Waals surface area contributed by atoms with E-state index in [9.17, 15) is 4.79 Å². The third-order valence-corrected chi connectivity index (χ3v) is 0.494. The van der Waals surface area contributed by atoms with Crippen LogP contribution in [0.5, 0.6) is 0 Å². The van der Waals surface area contributed by atoms with Gasteiger partial charge in [0, 0.05) is 0 Å². The zero-order chi connectivity index (χ0) is 5.15. The van der Waals surface area contributed by atoms with Gasteiger partial charge in [0.2, 0.25) is 0 Å². The summed E-state index contributed by atoms with van der Waals surface area (Å²) in [6.07, 6.45) is 0. The molecule has 0 spiro atoms. The van der Waals surface area contributed by atoms with Gasteiger partial charge in [-0.05, 0) is 0 Å². The van der Waals surface area contributed by atoms with Gasteiger partial charge in [0.1, 0.15) is 0 Å². The molecule has 0 saturated carbocycles. The monoisotopic (exact) mass is 111 g/mol. The molecule has 0 aliphatic heterocycles. The van der Waals surface area contributed by atoms with Crippen molar-refractivity contribution in [1.29, 1.82) is 0 Å². The predicted molar refractivity (Wildman–Crippen MR) is 22.5 cm³/mol. The van der Waals surface area contributed by atoms with Crippen LogP contribution in [0.2, 0.25) is 0 Å². The number of aliphatic carboxylic acids is 1. The number of hydrogen-bond donors (Lipinski definition) is 1. The van der Waals surface area contributed by atoms with Gasteiger partial charge < -0.3 is 5.11 Å². The van der Waals surface area contributed by atoms with Gasteiger partial charge >= 0.3 is 35.5 Å². The van der Waals surface area contributed by atoms with Crippen LogP contribution in [0.4, 0.5) is 0 Å². The van der Waals surface area contributed by atoms with Crippen LogP contribution in [0, 0.1) is 5.92 Å². The average Bonchev–Trinajstić information content (AvgIpc) is 1.36. The zero-order valence-electron chi connectivity index (χ0n) is 4.93. The summed E-state index contributed by atoms with van der Waals surface area (Å²) in [5.41, 5.74) is 0. The van der Waals surface area contributed by atoms with Gasteiger partial charge in [0.25, 0.3) is 0 Å². The number of rotatable bonds is 1. The summed E-state index contributed by atoms with van der Waals surface area (Å²) >= 11 is 0. The summed E-state index contributed by atoms with van der Waals surface area (Å²) in [4.78, 5) is 9.70. The number of carbonyl (C=O) groups is 1. The first-order chi connectivity index (χ1) is 2.64. The Hall–Kier alpha value is 0.470. The van der Waals surface area contributed by atoms with E-state index in [1.807, 2.05) is 0 Å². The van der Waals surface area contributed by atoms with Gasteiger partial charge in [-0.25, -0.2) is 0 Å². The van der Waals surface area contributed by atoms with Gasteiger partial charge in [-0.15, -0.1) is 0 Å². The molecule has 3 heteroatoms. The van der Waals surface area contributed by atoms with Crippen LogP contribution in [0.25, 0.3) is 0 Å². The summed E-state index contributed by atoms with van der Waals surface area (Å²) in [7, 11) is 0. The Balaban J connectivity index is 0. The molecule has 2 nitrogen and oxygen atoms in total. The molecule has 0 aromatic carbocycles. The molecule has 7 heavy (non-hydrogen) atoms. The van der Waals surface area contributed by atoms with E-state index in [1.165, 1.54) is 0 Å². The molecule has 36 valence electrons. The van der Waals surface area contributed by atoms with Crippen LogP contribution in [0.15, 0.2) is 0 Å². The average molecular weight is 111 g/mol. The molecule has 0 unspecified atom stereocenters. The molecule has 0 atom stereocenters.